The Bertz CT molecular complexity index is 173. The lowest BCUT2D eigenvalue weighted by Gasteiger charge is -2.28. The van der Waals surface area contributed by atoms with Crippen molar-refractivity contribution in [3.63, 3.8) is 0 Å². The van der Waals surface area contributed by atoms with Gasteiger partial charge < -0.3 is 24.4 Å². The van der Waals surface area contributed by atoms with E-state index in [9.17, 15) is 5.11 Å². The summed E-state index contributed by atoms with van der Waals surface area (Å²) in [5, 5.41) is 18.2. The van der Waals surface area contributed by atoms with E-state index < -0.39 is 18.5 Å². The van der Waals surface area contributed by atoms with Crippen molar-refractivity contribution in [2.24, 2.45) is 0 Å². The largest absolute Gasteiger partial charge is 0.394 e. The molecule has 12 heavy (non-hydrogen) atoms. The average Bonchev–Trinajstić information content (AvgIpc) is 2.85. The third kappa shape index (κ3) is 1.14. The molecule has 2 heterocycles. The van der Waals surface area contributed by atoms with E-state index in [1.54, 1.807) is 0 Å². The Morgan fingerprint density at radius 2 is 2.08 bits per heavy atom. The number of ether oxygens (including phenoxy) is 3. The second-order valence-corrected chi connectivity index (χ2v) is 3.02. The zero-order valence-corrected chi connectivity index (χ0v) is 6.71. The van der Waals surface area contributed by atoms with Gasteiger partial charge in [0.2, 0.25) is 0 Å². The molecule has 2 rings (SSSR count). The molecule has 0 aromatic carbocycles. The highest BCUT2D eigenvalue weighted by atomic mass is 16.7. The fourth-order valence-electron chi connectivity index (χ4n) is 1.51. The summed E-state index contributed by atoms with van der Waals surface area (Å²) in [6, 6.07) is 0. The zero-order chi connectivity index (χ0) is 8.72. The summed E-state index contributed by atoms with van der Waals surface area (Å²) in [5.74, 6) is 0. The summed E-state index contributed by atoms with van der Waals surface area (Å²) < 4.78 is 15.3. The summed E-state index contributed by atoms with van der Waals surface area (Å²) in [4.78, 5) is 0. The number of rotatable bonds is 2. The van der Waals surface area contributed by atoms with Crippen LogP contribution in [0.1, 0.15) is 0 Å². The highest BCUT2D eigenvalue weighted by molar-refractivity contribution is 5.00. The maximum absolute atomic E-state index is 9.43. The van der Waals surface area contributed by atoms with E-state index in [1.165, 1.54) is 7.11 Å². The second kappa shape index (κ2) is 2.93. The van der Waals surface area contributed by atoms with Gasteiger partial charge in [-0.2, -0.15) is 0 Å². The molecule has 70 valence electrons. The smallest absolute Gasteiger partial charge is 0.186 e. The minimum Gasteiger partial charge on any atom is -0.394 e. The molecule has 2 aliphatic heterocycles. The Morgan fingerprint density at radius 1 is 1.33 bits per heavy atom. The SMILES string of the molecule is CO[C@@H]1O[C@H](CO)[C@@H](O)[C@H]2O[C@@H]12. The van der Waals surface area contributed by atoms with Gasteiger partial charge >= 0.3 is 0 Å². The Balaban J connectivity index is 2.01. The molecule has 0 spiro atoms. The van der Waals surface area contributed by atoms with Gasteiger partial charge in [0.25, 0.3) is 0 Å². The monoisotopic (exact) mass is 176 g/mol. The number of fused-ring (bicyclic) bond motifs is 1. The molecule has 2 fully saturated rings. The molecule has 5 nitrogen and oxygen atoms in total. The molecule has 2 aliphatic rings. The quantitative estimate of drug-likeness (QED) is 0.500. The molecule has 0 aliphatic carbocycles. The number of hydrogen-bond acceptors (Lipinski definition) is 5. The van der Waals surface area contributed by atoms with Crippen LogP contribution >= 0.6 is 0 Å². The van der Waals surface area contributed by atoms with Gasteiger partial charge in [-0.05, 0) is 0 Å². The van der Waals surface area contributed by atoms with Crippen LogP contribution in [0, 0.1) is 0 Å². The Hall–Kier alpha value is -0.200. The van der Waals surface area contributed by atoms with Crippen molar-refractivity contribution in [1.82, 2.24) is 0 Å². The van der Waals surface area contributed by atoms with E-state index in [2.05, 4.69) is 0 Å². The van der Waals surface area contributed by atoms with Gasteiger partial charge in [-0.3, -0.25) is 0 Å². The van der Waals surface area contributed by atoms with Gasteiger partial charge in [0.15, 0.2) is 6.29 Å². The van der Waals surface area contributed by atoms with E-state index in [-0.39, 0.29) is 18.8 Å². The molecule has 0 radical (unpaired) electrons. The van der Waals surface area contributed by atoms with Crippen LogP contribution in [0.15, 0.2) is 0 Å². The average molecular weight is 176 g/mol. The van der Waals surface area contributed by atoms with Crippen LogP contribution in [0.4, 0.5) is 0 Å². The third-order valence-electron chi connectivity index (χ3n) is 2.27. The maximum atomic E-state index is 9.43. The molecule has 0 saturated carbocycles. The number of aliphatic hydroxyl groups is 2. The van der Waals surface area contributed by atoms with Crippen LogP contribution in [-0.4, -0.2) is 54.6 Å². The number of hydrogen-bond donors (Lipinski definition) is 2. The predicted molar refractivity (Wildman–Crippen MR) is 37.4 cm³/mol. The molecular weight excluding hydrogens is 164 g/mol. The van der Waals surface area contributed by atoms with Crippen molar-refractivity contribution >= 4 is 0 Å². The van der Waals surface area contributed by atoms with Gasteiger partial charge in [0, 0.05) is 7.11 Å². The minimum atomic E-state index is -0.730. The molecule has 5 atom stereocenters. The fraction of sp³-hybridized carbons (Fsp3) is 1.00. The van der Waals surface area contributed by atoms with E-state index in [0.29, 0.717) is 0 Å². The standard InChI is InChI=1S/C7H12O5/c1-10-7-6-5(12-6)4(9)3(2-8)11-7/h3-9H,2H2,1H3/t3-,4-,5-,6-,7-/m1/s1. The number of aliphatic hydroxyl groups excluding tert-OH is 2. The van der Waals surface area contributed by atoms with E-state index in [0.717, 1.165) is 0 Å². The van der Waals surface area contributed by atoms with Crippen molar-refractivity contribution in [3.8, 4) is 0 Å². The van der Waals surface area contributed by atoms with E-state index in [1.807, 2.05) is 0 Å². The van der Waals surface area contributed by atoms with Gasteiger partial charge in [-0.1, -0.05) is 0 Å². The van der Waals surface area contributed by atoms with Crippen molar-refractivity contribution in [3.05, 3.63) is 0 Å². The normalized spacial score (nSPS) is 51.8. The van der Waals surface area contributed by atoms with Crippen LogP contribution in [0.5, 0.6) is 0 Å². The van der Waals surface area contributed by atoms with E-state index >= 15 is 0 Å². The van der Waals surface area contributed by atoms with Crippen LogP contribution < -0.4 is 0 Å². The van der Waals surface area contributed by atoms with Crippen LogP contribution in [0.3, 0.4) is 0 Å². The molecule has 0 bridgehead atoms. The lowest BCUT2D eigenvalue weighted by molar-refractivity contribution is -0.207. The summed E-state index contributed by atoms with van der Waals surface area (Å²) >= 11 is 0. The Kier molecular flexibility index (Phi) is 2.05. The summed E-state index contributed by atoms with van der Waals surface area (Å²) in [7, 11) is 1.51. The summed E-state index contributed by atoms with van der Waals surface area (Å²) in [5.41, 5.74) is 0. The molecule has 0 amide bonds. The van der Waals surface area contributed by atoms with Crippen LogP contribution in [0.25, 0.3) is 0 Å². The highest BCUT2D eigenvalue weighted by Crippen LogP contribution is 2.37. The van der Waals surface area contributed by atoms with Crippen molar-refractivity contribution in [2.75, 3.05) is 13.7 Å². The zero-order valence-electron chi connectivity index (χ0n) is 6.71. The molecule has 0 unspecified atom stereocenters. The number of methoxy groups -OCH3 is 1. The first-order valence-corrected chi connectivity index (χ1v) is 3.90. The van der Waals surface area contributed by atoms with Gasteiger partial charge in [-0.25, -0.2) is 0 Å². The molecule has 0 aromatic heterocycles. The van der Waals surface area contributed by atoms with Crippen molar-refractivity contribution in [1.29, 1.82) is 0 Å². The summed E-state index contributed by atoms with van der Waals surface area (Å²) in [6.07, 6.45) is -2.14. The lowest BCUT2D eigenvalue weighted by Crippen LogP contribution is -2.47. The first kappa shape index (κ1) is 8.40. The minimum absolute atomic E-state index is 0.159. The molecule has 2 N–H and O–H groups in total. The second-order valence-electron chi connectivity index (χ2n) is 3.02. The third-order valence-corrected chi connectivity index (χ3v) is 2.27. The first-order valence-electron chi connectivity index (χ1n) is 3.90. The molecule has 2 saturated heterocycles. The van der Waals surface area contributed by atoms with Crippen LogP contribution in [-0.2, 0) is 14.2 Å². The first-order chi connectivity index (χ1) is 5.77. The molecule has 0 aromatic rings. The fourth-order valence-corrected chi connectivity index (χ4v) is 1.51. The number of epoxide rings is 1. The topological polar surface area (TPSA) is 71.5 Å². The Labute approximate surface area is 69.8 Å². The molecular formula is C7H12O5. The lowest BCUT2D eigenvalue weighted by atomic mass is 10.1. The van der Waals surface area contributed by atoms with Crippen LogP contribution in [0.2, 0.25) is 0 Å². The molecule has 5 heteroatoms. The Morgan fingerprint density at radius 3 is 2.67 bits per heavy atom. The van der Waals surface area contributed by atoms with Gasteiger partial charge in [0.05, 0.1) is 6.61 Å². The highest BCUT2D eigenvalue weighted by Gasteiger charge is 2.57. The van der Waals surface area contributed by atoms with Gasteiger partial charge in [-0.15, -0.1) is 0 Å². The van der Waals surface area contributed by atoms with Crippen molar-refractivity contribution in [2.45, 2.75) is 30.7 Å². The van der Waals surface area contributed by atoms with E-state index in [4.69, 9.17) is 19.3 Å². The van der Waals surface area contributed by atoms with Gasteiger partial charge in [0.1, 0.15) is 24.4 Å². The summed E-state index contributed by atoms with van der Waals surface area (Å²) in [6.45, 7) is -0.215. The predicted octanol–water partition coefficient (Wildman–Crippen LogP) is -1.52. The maximum Gasteiger partial charge on any atom is 0.186 e. The van der Waals surface area contributed by atoms with Crippen molar-refractivity contribution < 1.29 is 24.4 Å².